The molecule has 2 N–H and O–H groups in total. The molecule has 1 aromatic carbocycles. The fourth-order valence-electron chi connectivity index (χ4n) is 1.83. The minimum absolute atomic E-state index is 0.128. The molecule has 0 saturated heterocycles. The number of nitrogens with one attached hydrogen (secondary N) is 1. The van der Waals surface area contributed by atoms with Crippen molar-refractivity contribution in [3.63, 3.8) is 0 Å². The lowest BCUT2D eigenvalue weighted by atomic mass is 10.1. The van der Waals surface area contributed by atoms with Crippen molar-refractivity contribution in [2.24, 2.45) is 0 Å². The molecule has 0 bridgehead atoms. The van der Waals surface area contributed by atoms with Crippen molar-refractivity contribution in [2.75, 3.05) is 6.61 Å². The second kappa shape index (κ2) is 5.46. The third-order valence-electron chi connectivity index (χ3n) is 2.97. The summed E-state index contributed by atoms with van der Waals surface area (Å²) in [7, 11) is 0. The van der Waals surface area contributed by atoms with Crippen molar-refractivity contribution in [3.05, 3.63) is 47.8 Å². The molecule has 1 heterocycles. The third-order valence-corrected chi connectivity index (χ3v) is 2.97. The van der Waals surface area contributed by atoms with E-state index in [0.717, 1.165) is 11.4 Å². The van der Waals surface area contributed by atoms with Crippen LogP contribution in [0.25, 0.3) is 5.69 Å². The SMILES string of the molecule is Cc1cc(C(=O)NC(C)(C)CO)nn1-c1ccccc1. The Bertz CT molecular complexity index is 603. The maximum atomic E-state index is 12.1. The Morgan fingerprint density at radius 3 is 2.60 bits per heavy atom. The van der Waals surface area contributed by atoms with E-state index in [1.54, 1.807) is 24.6 Å². The zero-order valence-corrected chi connectivity index (χ0v) is 11.9. The Kier molecular flexibility index (Phi) is 3.90. The molecule has 0 spiro atoms. The van der Waals surface area contributed by atoms with Gasteiger partial charge in [0, 0.05) is 5.69 Å². The molecule has 0 aliphatic carbocycles. The van der Waals surface area contributed by atoms with Crippen LogP contribution in [-0.4, -0.2) is 32.9 Å². The molecule has 0 aliphatic heterocycles. The van der Waals surface area contributed by atoms with Crippen molar-refractivity contribution >= 4 is 5.91 Å². The van der Waals surface area contributed by atoms with Gasteiger partial charge in [0.05, 0.1) is 17.8 Å². The Balaban J connectivity index is 2.26. The molecule has 1 aromatic heterocycles. The maximum absolute atomic E-state index is 12.1. The number of carbonyl (C=O) groups excluding carboxylic acids is 1. The fourth-order valence-corrected chi connectivity index (χ4v) is 1.83. The van der Waals surface area contributed by atoms with Crippen LogP contribution in [0, 0.1) is 6.92 Å². The van der Waals surface area contributed by atoms with E-state index in [0.29, 0.717) is 5.69 Å². The van der Waals surface area contributed by atoms with Gasteiger partial charge in [-0.25, -0.2) is 4.68 Å². The summed E-state index contributed by atoms with van der Waals surface area (Å²) in [6.45, 7) is 5.28. The molecule has 2 aromatic rings. The minimum Gasteiger partial charge on any atom is -0.394 e. The van der Waals surface area contributed by atoms with E-state index in [4.69, 9.17) is 0 Å². The molecule has 5 heteroatoms. The number of aliphatic hydroxyl groups excluding tert-OH is 1. The summed E-state index contributed by atoms with van der Waals surface area (Å²) in [6, 6.07) is 11.4. The van der Waals surface area contributed by atoms with Crippen LogP contribution in [0.5, 0.6) is 0 Å². The topological polar surface area (TPSA) is 67.2 Å². The van der Waals surface area contributed by atoms with Crippen molar-refractivity contribution in [1.82, 2.24) is 15.1 Å². The second-order valence-corrected chi connectivity index (χ2v) is 5.41. The molecular weight excluding hydrogens is 254 g/mol. The summed E-state index contributed by atoms with van der Waals surface area (Å²) in [5.74, 6) is -0.290. The van der Waals surface area contributed by atoms with Gasteiger partial charge in [0.25, 0.3) is 5.91 Å². The number of para-hydroxylation sites is 1. The first-order chi connectivity index (χ1) is 9.43. The monoisotopic (exact) mass is 273 g/mol. The van der Waals surface area contributed by atoms with E-state index in [-0.39, 0.29) is 12.5 Å². The largest absolute Gasteiger partial charge is 0.394 e. The van der Waals surface area contributed by atoms with E-state index in [2.05, 4.69) is 10.4 Å². The average Bonchev–Trinajstić information content (AvgIpc) is 2.81. The Hall–Kier alpha value is -2.14. The van der Waals surface area contributed by atoms with Crippen LogP contribution >= 0.6 is 0 Å². The van der Waals surface area contributed by atoms with Gasteiger partial charge in [0.1, 0.15) is 0 Å². The van der Waals surface area contributed by atoms with Crippen LogP contribution in [-0.2, 0) is 0 Å². The van der Waals surface area contributed by atoms with Crippen LogP contribution in [0.3, 0.4) is 0 Å². The van der Waals surface area contributed by atoms with E-state index >= 15 is 0 Å². The van der Waals surface area contributed by atoms with Crippen molar-refractivity contribution in [2.45, 2.75) is 26.3 Å². The third kappa shape index (κ3) is 3.05. The highest BCUT2D eigenvalue weighted by atomic mass is 16.3. The Morgan fingerprint density at radius 2 is 2.00 bits per heavy atom. The first-order valence-corrected chi connectivity index (χ1v) is 6.48. The number of hydrogen-bond donors (Lipinski definition) is 2. The second-order valence-electron chi connectivity index (χ2n) is 5.41. The quantitative estimate of drug-likeness (QED) is 0.890. The van der Waals surface area contributed by atoms with Crippen LogP contribution in [0.4, 0.5) is 0 Å². The highest BCUT2D eigenvalue weighted by Gasteiger charge is 2.22. The molecule has 1 amide bonds. The standard InChI is InChI=1S/C15H19N3O2/c1-11-9-13(14(20)16-15(2,3)10-19)17-18(11)12-7-5-4-6-8-12/h4-9,19H,10H2,1-3H3,(H,16,20). The van der Waals surface area contributed by atoms with Gasteiger partial charge in [-0.2, -0.15) is 5.10 Å². The summed E-state index contributed by atoms with van der Waals surface area (Å²) >= 11 is 0. The number of hydrogen-bond acceptors (Lipinski definition) is 3. The van der Waals surface area contributed by atoms with Crippen molar-refractivity contribution in [1.29, 1.82) is 0 Å². The molecule has 0 saturated carbocycles. The molecule has 0 unspecified atom stereocenters. The zero-order valence-electron chi connectivity index (χ0n) is 11.9. The molecular formula is C15H19N3O2. The molecule has 2 rings (SSSR count). The number of amides is 1. The maximum Gasteiger partial charge on any atom is 0.272 e. The Morgan fingerprint density at radius 1 is 1.35 bits per heavy atom. The lowest BCUT2D eigenvalue weighted by molar-refractivity contribution is 0.0864. The van der Waals surface area contributed by atoms with Crippen LogP contribution < -0.4 is 5.32 Å². The van der Waals surface area contributed by atoms with Crippen LogP contribution in [0.15, 0.2) is 36.4 Å². The van der Waals surface area contributed by atoms with E-state index < -0.39 is 5.54 Å². The van der Waals surface area contributed by atoms with Crippen LogP contribution in [0.2, 0.25) is 0 Å². The summed E-state index contributed by atoms with van der Waals surface area (Å²) < 4.78 is 1.72. The molecule has 0 aliphatic rings. The van der Waals surface area contributed by atoms with Crippen molar-refractivity contribution in [3.8, 4) is 5.69 Å². The van der Waals surface area contributed by atoms with Gasteiger partial charge in [-0.3, -0.25) is 4.79 Å². The summed E-state index contributed by atoms with van der Waals surface area (Å²) in [4.78, 5) is 12.1. The van der Waals surface area contributed by atoms with Gasteiger partial charge in [0.2, 0.25) is 0 Å². The minimum atomic E-state index is -0.665. The Labute approximate surface area is 118 Å². The van der Waals surface area contributed by atoms with Gasteiger partial charge in [-0.1, -0.05) is 18.2 Å². The molecule has 5 nitrogen and oxygen atoms in total. The predicted molar refractivity (Wildman–Crippen MR) is 76.9 cm³/mol. The average molecular weight is 273 g/mol. The lowest BCUT2D eigenvalue weighted by Gasteiger charge is -2.22. The van der Waals surface area contributed by atoms with Gasteiger partial charge in [-0.15, -0.1) is 0 Å². The number of aliphatic hydroxyl groups is 1. The van der Waals surface area contributed by atoms with Gasteiger partial charge < -0.3 is 10.4 Å². The van der Waals surface area contributed by atoms with E-state index in [1.165, 1.54) is 0 Å². The predicted octanol–water partition coefficient (Wildman–Crippen LogP) is 1.68. The van der Waals surface area contributed by atoms with Crippen LogP contribution in [0.1, 0.15) is 30.0 Å². The number of benzene rings is 1. The number of carbonyl (C=O) groups is 1. The van der Waals surface area contributed by atoms with E-state index in [1.807, 2.05) is 37.3 Å². The molecule has 0 atom stereocenters. The molecule has 20 heavy (non-hydrogen) atoms. The fraction of sp³-hybridized carbons (Fsp3) is 0.333. The smallest absolute Gasteiger partial charge is 0.272 e. The normalized spacial score (nSPS) is 11.4. The molecule has 0 fully saturated rings. The zero-order chi connectivity index (χ0) is 14.8. The highest BCUT2D eigenvalue weighted by molar-refractivity contribution is 5.92. The molecule has 0 radical (unpaired) electrons. The lowest BCUT2D eigenvalue weighted by Crippen LogP contribution is -2.46. The summed E-state index contributed by atoms with van der Waals surface area (Å²) in [5.41, 5.74) is 1.46. The number of nitrogens with zero attached hydrogens (tertiary/aromatic N) is 2. The number of aryl methyl sites for hydroxylation is 1. The first kappa shape index (κ1) is 14.3. The van der Waals surface area contributed by atoms with Gasteiger partial charge >= 0.3 is 0 Å². The summed E-state index contributed by atoms with van der Waals surface area (Å²) in [6.07, 6.45) is 0. The van der Waals surface area contributed by atoms with Crippen molar-refractivity contribution < 1.29 is 9.90 Å². The summed E-state index contributed by atoms with van der Waals surface area (Å²) in [5, 5.41) is 16.3. The van der Waals surface area contributed by atoms with Gasteiger partial charge in [0.15, 0.2) is 5.69 Å². The highest BCUT2D eigenvalue weighted by Crippen LogP contribution is 2.12. The number of aromatic nitrogens is 2. The van der Waals surface area contributed by atoms with Gasteiger partial charge in [-0.05, 0) is 39.0 Å². The van der Waals surface area contributed by atoms with E-state index in [9.17, 15) is 9.90 Å². The first-order valence-electron chi connectivity index (χ1n) is 6.48. The number of rotatable bonds is 4. The molecule has 106 valence electrons.